The first-order chi connectivity index (χ1) is 11.2. The van der Waals surface area contributed by atoms with E-state index in [1.54, 1.807) is 4.90 Å². The van der Waals surface area contributed by atoms with Crippen LogP contribution in [0.4, 0.5) is 13.2 Å². The molecule has 0 aliphatic carbocycles. The maximum atomic E-state index is 12.9. The van der Waals surface area contributed by atoms with Crippen LogP contribution in [0.2, 0.25) is 0 Å². The van der Waals surface area contributed by atoms with Gasteiger partial charge in [0.2, 0.25) is 0 Å². The van der Waals surface area contributed by atoms with Gasteiger partial charge in [0, 0.05) is 19.6 Å². The number of carboxylic acid groups (broad SMARTS) is 1. The van der Waals surface area contributed by atoms with E-state index < -0.39 is 24.0 Å². The van der Waals surface area contributed by atoms with Crippen molar-refractivity contribution in [1.29, 1.82) is 0 Å². The van der Waals surface area contributed by atoms with Crippen LogP contribution < -0.4 is 4.74 Å². The van der Waals surface area contributed by atoms with Crippen molar-refractivity contribution in [2.24, 2.45) is 11.8 Å². The number of rotatable bonds is 6. The Balaban J connectivity index is 1.81. The molecule has 1 aliphatic rings. The van der Waals surface area contributed by atoms with Crippen LogP contribution in [0.5, 0.6) is 5.75 Å². The first-order valence-electron chi connectivity index (χ1n) is 7.90. The average Bonchev–Trinajstić information content (AvgIpc) is 2.87. The lowest BCUT2D eigenvalue weighted by Crippen LogP contribution is -2.33. The van der Waals surface area contributed by atoms with Crippen LogP contribution in [-0.2, 0) is 4.79 Å². The van der Waals surface area contributed by atoms with Gasteiger partial charge in [0.25, 0.3) is 0 Å². The highest BCUT2D eigenvalue weighted by atomic mass is 19.4. The highest BCUT2D eigenvalue weighted by Gasteiger charge is 2.52. The van der Waals surface area contributed by atoms with Crippen molar-refractivity contribution >= 4 is 5.97 Å². The molecular formula is C17H22F3NO3. The molecule has 0 amide bonds. The van der Waals surface area contributed by atoms with Gasteiger partial charge in [0.1, 0.15) is 5.75 Å². The molecule has 7 heteroatoms. The van der Waals surface area contributed by atoms with E-state index in [1.165, 1.54) is 0 Å². The fourth-order valence-electron chi connectivity index (χ4n) is 3.14. The lowest BCUT2D eigenvalue weighted by atomic mass is 9.96. The molecule has 0 spiro atoms. The number of halogens is 3. The third-order valence-electron chi connectivity index (χ3n) is 4.22. The number of likely N-dealkylation sites (tertiary alicyclic amines) is 1. The molecule has 0 unspecified atom stereocenters. The molecule has 2 rings (SSSR count). The number of hydrogen-bond acceptors (Lipinski definition) is 3. The Labute approximate surface area is 139 Å². The minimum atomic E-state index is -4.48. The molecule has 134 valence electrons. The molecule has 0 bridgehead atoms. The van der Waals surface area contributed by atoms with Crippen LogP contribution in [0.15, 0.2) is 18.2 Å². The van der Waals surface area contributed by atoms with Crippen LogP contribution in [0.1, 0.15) is 17.5 Å². The average molecular weight is 345 g/mol. The molecule has 0 aromatic heterocycles. The zero-order valence-electron chi connectivity index (χ0n) is 13.8. The Kier molecular flexibility index (Phi) is 5.74. The molecular weight excluding hydrogens is 323 g/mol. The molecule has 1 aromatic carbocycles. The molecule has 1 fully saturated rings. The van der Waals surface area contributed by atoms with Gasteiger partial charge in [-0.1, -0.05) is 6.07 Å². The summed E-state index contributed by atoms with van der Waals surface area (Å²) in [6, 6.07) is 5.84. The Morgan fingerprint density at radius 1 is 1.25 bits per heavy atom. The summed E-state index contributed by atoms with van der Waals surface area (Å²) in [5.41, 5.74) is 2.17. The van der Waals surface area contributed by atoms with Crippen molar-refractivity contribution in [3.8, 4) is 5.75 Å². The Morgan fingerprint density at radius 3 is 2.38 bits per heavy atom. The molecule has 0 saturated carbocycles. The smallest absolute Gasteiger partial charge is 0.393 e. The van der Waals surface area contributed by atoms with E-state index in [-0.39, 0.29) is 13.1 Å². The predicted octanol–water partition coefficient (Wildman–Crippen LogP) is 3.27. The van der Waals surface area contributed by atoms with Crippen molar-refractivity contribution < 1.29 is 27.8 Å². The van der Waals surface area contributed by atoms with E-state index in [4.69, 9.17) is 9.84 Å². The lowest BCUT2D eigenvalue weighted by molar-refractivity contribution is -0.188. The fourth-order valence-corrected chi connectivity index (χ4v) is 3.14. The summed E-state index contributed by atoms with van der Waals surface area (Å²) in [6.07, 6.45) is -3.93. The van der Waals surface area contributed by atoms with E-state index >= 15 is 0 Å². The van der Waals surface area contributed by atoms with Crippen molar-refractivity contribution in [2.45, 2.75) is 26.4 Å². The van der Waals surface area contributed by atoms with Crippen LogP contribution in [0, 0.1) is 25.7 Å². The quantitative estimate of drug-likeness (QED) is 0.804. The second-order valence-corrected chi connectivity index (χ2v) is 6.38. The highest BCUT2D eigenvalue weighted by Crippen LogP contribution is 2.37. The maximum absolute atomic E-state index is 12.9. The summed E-state index contributed by atoms with van der Waals surface area (Å²) < 4.78 is 44.4. The number of aryl methyl sites for hydroxylation is 2. The molecule has 24 heavy (non-hydrogen) atoms. The standard InChI is InChI=1S/C17H22F3NO3/c1-11-6-12(2)8-13(7-11)24-5-3-4-21-9-14(16(22)23)15(10-21)17(18,19)20/h6-8,14-15H,3-5,9-10H2,1-2H3,(H,22,23)/t14-,15-/m1/s1. The monoisotopic (exact) mass is 345 g/mol. The number of carbonyl (C=O) groups is 1. The zero-order valence-corrected chi connectivity index (χ0v) is 13.8. The minimum Gasteiger partial charge on any atom is -0.494 e. The van der Waals surface area contributed by atoms with Crippen LogP contribution in [0.3, 0.4) is 0 Å². The Hall–Kier alpha value is -1.76. The number of alkyl halides is 3. The van der Waals surface area contributed by atoms with E-state index in [0.29, 0.717) is 19.6 Å². The van der Waals surface area contributed by atoms with E-state index in [1.807, 2.05) is 32.0 Å². The summed E-state index contributed by atoms with van der Waals surface area (Å²) in [4.78, 5) is 12.6. The van der Waals surface area contributed by atoms with Gasteiger partial charge in [0.15, 0.2) is 0 Å². The van der Waals surface area contributed by atoms with E-state index in [9.17, 15) is 18.0 Å². The third-order valence-corrected chi connectivity index (χ3v) is 4.22. The number of aliphatic carboxylic acids is 1. The van der Waals surface area contributed by atoms with Gasteiger partial charge in [0.05, 0.1) is 18.4 Å². The Morgan fingerprint density at radius 2 is 1.88 bits per heavy atom. The Bertz CT molecular complexity index is 569. The molecule has 4 nitrogen and oxygen atoms in total. The number of hydrogen-bond donors (Lipinski definition) is 1. The van der Waals surface area contributed by atoms with Crippen LogP contribution >= 0.6 is 0 Å². The predicted molar refractivity (Wildman–Crippen MR) is 83.1 cm³/mol. The summed E-state index contributed by atoms with van der Waals surface area (Å²) in [5, 5.41) is 8.99. The van der Waals surface area contributed by atoms with Gasteiger partial charge >= 0.3 is 12.1 Å². The molecule has 0 radical (unpaired) electrons. The molecule has 1 aromatic rings. The summed E-state index contributed by atoms with van der Waals surface area (Å²) in [5.74, 6) is -3.82. The number of ether oxygens (including phenoxy) is 1. The van der Waals surface area contributed by atoms with Gasteiger partial charge in [-0.3, -0.25) is 4.79 Å². The van der Waals surface area contributed by atoms with Gasteiger partial charge in [-0.15, -0.1) is 0 Å². The molecule has 1 aliphatic heterocycles. The normalized spacial score (nSPS) is 21.9. The molecule has 1 saturated heterocycles. The topological polar surface area (TPSA) is 49.8 Å². The van der Waals surface area contributed by atoms with Crippen molar-refractivity contribution in [2.75, 3.05) is 26.2 Å². The number of benzene rings is 1. The molecule has 2 atom stereocenters. The van der Waals surface area contributed by atoms with E-state index in [0.717, 1.165) is 16.9 Å². The largest absolute Gasteiger partial charge is 0.494 e. The van der Waals surface area contributed by atoms with Gasteiger partial charge in [-0.05, 0) is 43.5 Å². The lowest BCUT2D eigenvalue weighted by Gasteiger charge is -2.18. The maximum Gasteiger partial charge on any atom is 0.393 e. The van der Waals surface area contributed by atoms with Crippen molar-refractivity contribution in [1.82, 2.24) is 4.90 Å². The van der Waals surface area contributed by atoms with Crippen LogP contribution in [-0.4, -0.2) is 48.4 Å². The fraction of sp³-hybridized carbons (Fsp3) is 0.588. The van der Waals surface area contributed by atoms with Crippen molar-refractivity contribution in [3.63, 3.8) is 0 Å². The third kappa shape index (κ3) is 4.87. The first-order valence-corrected chi connectivity index (χ1v) is 7.90. The SMILES string of the molecule is Cc1cc(C)cc(OCCCN2C[C@@H](C(F)(F)F)[C@H](C(=O)O)C2)c1. The second kappa shape index (κ2) is 7.42. The zero-order chi connectivity index (χ0) is 17.9. The van der Waals surface area contributed by atoms with Gasteiger partial charge in [-0.2, -0.15) is 13.2 Å². The van der Waals surface area contributed by atoms with Crippen molar-refractivity contribution in [3.05, 3.63) is 29.3 Å². The number of nitrogens with zero attached hydrogens (tertiary/aromatic N) is 1. The minimum absolute atomic E-state index is 0.0664. The van der Waals surface area contributed by atoms with E-state index in [2.05, 4.69) is 0 Å². The highest BCUT2D eigenvalue weighted by molar-refractivity contribution is 5.71. The summed E-state index contributed by atoms with van der Waals surface area (Å²) >= 11 is 0. The molecule has 1 N–H and O–H groups in total. The van der Waals surface area contributed by atoms with Gasteiger partial charge in [-0.25, -0.2) is 0 Å². The first kappa shape index (κ1) is 18.6. The molecule has 1 heterocycles. The summed E-state index contributed by atoms with van der Waals surface area (Å²) in [6.45, 7) is 4.38. The van der Waals surface area contributed by atoms with Gasteiger partial charge < -0.3 is 14.7 Å². The number of carboxylic acids is 1. The second-order valence-electron chi connectivity index (χ2n) is 6.38. The summed E-state index contributed by atoms with van der Waals surface area (Å²) in [7, 11) is 0. The van der Waals surface area contributed by atoms with Crippen LogP contribution in [0.25, 0.3) is 0 Å².